The van der Waals surface area contributed by atoms with E-state index in [1.165, 1.54) is 7.11 Å². The van der Waals surface area contributed by atoms with Crippen molar-refractivity contribution in [2.45, 2.75) is 51.1 Å². The molecule has 150 valence electrons. The third kappa shape index (κ3) is 2.57. The van der Waals surface area contributed by atoms with Crippen molar-refractivity contribution in [3.63, 3.8) is 0 Å². The van der Waals surface area contributed by atoms with Crippen LogP contribution in [0, 0.1) is 11.3 Å². The summed E-state index contributed by atoms with van der Waals surface area (Å²) in [6.45, 7) is 6.27. The maximum atomic E-state index is 13.1. The number of nitrogens with one attached hydrogen (secondary N) is 1. The first kappa shape index (κ1) is 19.8. The SMILES string of the molecule is COC(=O)C12CC(N3C=C(C(C)C)C(C)(c4ccc(Br)c(Cl)c4)NC3=O)(C1)C2. The fraction of sp³-hybridized carbons (Fsp3) is 0.524. The number of esters is 1. The minimum Gasteiger partial charge on any atom is -0.469 e. The van der Waals surface area contributed by atoms with Crippen molar-refractivity contribution in [2.24, 2.45) is 11.3 Å². The zero-order valence-corrected chi connectivity index (χ0v) is 18.8. The van der Waals surface area contributed by atoms with E-state index in [0.717, 1.165) is 15.6 Å². The van der Waals surface area contributed by atoms with Crippen molar-refractivity contribution in [3.8, 4) is 0 Å². The highest BCUT2D eigenvalue weighted by Gasteiger charge is 2.75. The number of nitrogens with zero attached hydrogens (tertiary/aromatic N) is 1. The Bertz CT molecular complexity index is 893. The molecule has 7 heteroatoms. The maximum Gasteiger partial charge on any atom is 0.322 e. The van der Waals surface area contributed by atoms with Gasteiger partial charge in [-0.3, -0.25) is 9.69 Å². The average Bonchev–Trinajstić information content (AvgIpc) is 2.56. The standard InChI is InChI=1S/C21H24BrClN2O3/c1-12(2)14-8-25(21-9-20(10-21,11-21)17(26)28-4)18(27)24-19(14,3)13-5-6-15(22)16(23)7-13/h5-8,12H,9-11H2,1-4H3,(H,24,27). The molecule has 0 aromatic heterocycles. The number of rotatable bonds is 4. The first-order valence-corrected chi connectivity index (χ1v) is 10.6. The first-order valence-electron chi connectivity index (χ1n) is 9.45. The van der Waals surface area contributed by atoms with Gasteiger partial charge in [-0.1, -0.05) is 31.5 Å². The second kappa shape index (κ2) is 6.23. The third-order valence-electron chi connectivity index (χ3n) is 6.67. The van der Waals surface area contributed by atoms with Crippen LogP contribution in [-0.4, -0.2) is 29.5 Å². The Kier molecular flexibility index (Phi) is 4.40. The molecule has 5 rings (SSSR count). The monoisotopic (exact) mass is 466 g/mol. The highest BCUT2D eigenvalue weighted by Crippen LogP contribution is 2.70. The Balaban J connectivity index is 1.68. The first-order chi connectivity index (χ1) is 13.1. The van der Waals surface area contributed by atoms with E-state index in [4.69, 9.17) is 16.3 Å². The van der Waals surface area contributed by atoms with Crippen LogP contribution in [0.25, 0.3) is 0 Å². The quantitative estimate of drug-likeness (QED) is 0.636. The molecule has 2 bridgehead atoms. The van der Waals surface area contributed by atoms with Crippen molar-refractivity contribution in [1.29, 1.82) is 0 Å². The zero-order chi connectivity index (χ0) is 20.5. The van der Waals surface area contributed by atoms with Gasteiger partial charge in [0.15, 0.2) is 0 Å². The Morgan fingerprint density at radius 3 is 2.50 bits per heavy atom. The predicted octanol–water partition coefficient (Wildman–Crippen LogP) is 4.98. The van der Waals surface area contributed by atoms with E-state index in [9.17, 15) is 9.59 Å². The molecule has 1 N–H and O–H groups in total. The van der Waals surface area contributed by atoms with E-state index < -0.39 is 5.54 Å². The van der Waals surface area contributed by atoms with Crippen LogP contribution in [0.15, 0.2) is 34.4 Å². The molecule has 4 aliphatic rings. The minimum atomic E-state index is -0.643. The van der Waals surface area contributed by atoms with Crippen molar-refractivity contribution < 1.29 is 14.3 Å². The van der Waals surface area contributed by atoms with Gasteiger partial charge >= 0.3 is 12.0 Å². The molecular formula is C21H24BrClN2O3. The van der Waals surface area contributed by atoms with Crippen LogP contribution >= 0.6 is 27.5 Å². The summed E-state index contributed by atoms with van der Waals surface area (Å²) in [6, 6.07) is 5.64. The Labute approximate surface area is 178 Å². The molecule has 3 aliphatic carbocycles. The molecule has 5 nitrogen and oxygen atoms in total. The molecule has 0 radical (unpaired) electrons. The highest BCUT2D eigenvalue weighted by molar-refractivity contribution is 9.10. The number of hydrogen-bond donors (Lipinski definition) is 1. The highest BCUT2D eigenvalue weighted by atomic mass is 79.9. The number of carbonyl (C=O) groups excluding carboxylic acids is 2. The zero-order valence-electron chi connectivity index (χ0n) is 16.4. The van der Waals surface area contributed by atoms with E-state index in [2.05, 4.69) is 35.1 Å². The second-order valence-corrected chi connectivity index (χ2v) is 10.1. The van der Waals surface area contributed by atoms with Crippen LogP contribution in [0.5, 0.6) is 0 Å². The maximum absolute atomic E-state index is 13.1. The van der Waals surface area contributed by atoms with Crippen LogP contribution in [0.1, 0.15) is 45.6 Å². The van der Waals surface area contributed by atoms with Gasteiger partial charge in [-0.15, -0.1) is 0 Å². The molecule has 28 heavy (non-hydrogen) atoms. The second-order valence-electron chi connectivity index (χ2n) is 8.82. The molecule has 0 spiro atoms. The van der Waals surface area contributed by atoms with E-state index >= 15 is 0 Å². The molecule has 3 saturated carbocycles. The van der Waals surface area contributed by atoms with E-state index in [1.54, 1.807) is 0 Å². The summed E-state index contributed by atoms with van der Waals surface area (Å²) in [6.07, 6.45) is 4.01. The molecule has 1 unspecified atom stereocenters. The summed E-state index contributed by atoms with van der Waals surface area (Å²) in [5.41, 5.74) is 0.757. The Morgan fingerprint density at radius 2 is 1.96 bits per heavy atom. The van der Waals surface area contributed by atoms with Gasteiger partial charge in [0.05, 0.1) is 28.6 Å². The van der Waals surface area contributed by atoms with E-state index in [-0.39, 0.29) is 28.9 Å². The lowest BCUT2D eigenvalue weighted by atomic mass is 9.38. The number of amides is 2. The summed E-state index contributed by atoms with van der Waals surface area (Å²) in [5.74, 6) is 0.0617. The Morgan fingerprint density at radius 1 is 1.32 bits per heavy atom. The smallest absolute Gasteiger partial charge is 0.322 e. The molecule has 1 heterocycles. The number of hydrogen-bond acceptors (Lipinski definition) is 3. The van der Waals surface area contributed by atoms with E-state index in [0.29, 0.717) is 24.3 Å². The van der Waals surface area contributed by atoms with Gasteiger partial charge in [-0.25, -0.2) is 4.79 Å². The molecule has 1 aliphatic heterocycles. The predicted molar refractivity (Wildman–Crippen MR) is 111 cm³/mol. The van der Waals surface area contributed by atoms with Gasteiger partial charge in [-0.2, -0.15) is 0 Å². The summed E-state index contributed by atoms with van der Waals surface area (Å²) in [4.78, 5) is 26.9. The summed E-state index contributed by atoms with van der Waals surface area (Å²) >= 11 is 9.75. The molecule has 1 aromatic carbocycles. The summed E-state index contributed by atoms with van der Waals surface area (Å²) in [7, 11) is 1.43. The van der Waals surface area contributed by atoms with Crippen LogP contribution in [0.4, 0.5) is 4.79 Å². The van der Waals surface area contributed by atoms with Crippen molar-refractivity contribution in [3.05, 3.63) is 45.0 Å². The van der Waals surface area contributed by atoms with Crippen molar-refractivity contribution >= 4 is 39.5 Å². The number of benzene rings is 1. The largest absolute Gasteiger partial charge is 0.469 e. The number of urea groups is 1. The lowest BCUT2D eigenvalue weighted by Gasteiger charge is -2.71. The van der Waals surface area contributed by atoms with Crippen LogP contribution in [0.2, 0.25) is 5.02 Å². The molecule has 0 saturated heterocycles. The molecule has 3 fully saturated rings. The van der Waals surface area contributed by atoms with Gasteiger partial charge in [0.1, 0.15) is 0 Å². The van der Waals surface area contributed by atoms with Gasteiger partial charge in [0, 0.05) is 10.7 Å². The van der Waals surface area contributed by atoms with Gasteiger partial charge in [0.2, 0.25) is 0 Å². The van der Waals surface area contributed by atoms with Crippen LogP contribution in [-0.2, 0) is 15.1 Å². The molecule has 2 amide bonds. The van der Waals surface area contributed by atoms with Crippen LogP contribution < -0.4 is 5.32 Å². The average molecular weight is 468 g/mol. The molecule has 1 atom stereocenters. The summed E-state index contributed by atoms with van der Waals surface area (Å²) in [5, 5.41) is 3.83. The fourth-order valence-electron chi connectivity index (χ4n) is 5.22. The Hall–Kier alpha value is -1.53. The van der Waals surface area contributed by atoms with Crippen molar-refractivity contribution in [2.75, 3.05) is 7.11 Å². The number of methoxy groups -OCH3 is 1. The number of carbonyl (C=O) groups is 2. The van der Waals surface area contributed by atoms with Crippen LogP contribution in [0.3, 0.4) is 0 Å². The van der Waals surface area contributed by atoms with Gasteiger partial charge < -0.3 is 10.1 Å². The van der Waals surface area contributed by atoms with E-state index in [1.807, 2.05) is 36.2 Å². The summed E-state index contributed by atoms with van der Waals surface area (Å²) < 4.78 is 5.76. The molecular weight excluding hydrogens is 444 g/mol. The number of ether oxygens (including phenoxy) is 1. The normalized spacial score (nSPS) is 33.6. The van der Waals surface area contributed by atoms with Gasteiger partial charge in [0.25, 0.3) is 0 Å². The third-order valence-corrected chi connectivity index (χ3v) is 7.90. The lowest BCUT2D eigenvalue weighted by Crippen LogP contribution is -2.78. The number of halogens is 2. The fourth-order valence-corrected chi connectivity index (χ4v) is 5.65. The van der Waals surface area contributed by atoms with Gasteiger partial charge in [-0.05, 0) is 71.3 Å². The topological polar surface area (TPSA) is 58.6 Å². The molecule has 1 aromatic rings. The lowest BCUT2D eigenvalue weighted by molar-refractivity contribution is -0.218. The minimum absolute atomic E-state index is 0.135. The van der Waals surface area contributed by atoms with Crippen molar-refractivity contribution in [1.82, 2.24) is 10.2 Å².